The van der Waals surface area contributed by atoms with E-state index in [1.807, 2.05) is 43.3 Å². The molecular formula is C19H18F2Se. The molecule has 0 saturated heterocycles. The van der Waals surface area contributed by atoms with Crippen molar-refractivity contribution in [2.24, 2.45) is 0 Å². The average molecular weight is 363 g/mol. The molecule has 2 aromatic rings. The van der Waals surface area contributed by atoms with Crippen LogP contribution in [-0.2, 0) is 6.42 Å². The third-order valence-electron chi connectivity index (χ3n) is 3.88. The molecule has 0 atom stereocenters. The summed E-state index contributed by atoms with van der Waals surface area (Å²) in [6, 6.07) is 11.0. The normalized spacial score (nSPS) is 15.8. The number of hydrogen-bond acceptors (Lipinski definition) is 0. The van der Waals surface area contributed by atoms with Gasteiger partial charge in [-0.3, -0.25) is 0 Å². The Bertz CT molecular complexity index is 771. The molecule has 3 heteroatoms. The first-order valence-electron chi connectivity index (χ1n) is 7.33. The van der Waals surface area contributed by atoms with Gasteiger partial charge in [-0.2, -0.15) is 0 Å². The van der Waals surface area contributed by atoms with Crippen molar-refractivity contribution < 1.29 is 8.78 Å². The Morgan fingerprint density at radius 2 is 1.50 bits per heavy atom. The predicted octanol–water partition coefficient (Wildman–Crippen LogP) is 4.62. The van der Waals surface area contributed by atoms with Crippen molar-refractivity contribution >= 4 is 19.4 Å². The van der Waals surface area contributed by atoms with Crippen LogP contribution in [0.4, 0.5) is 8.78 Å². The molecular weight excluding hydrogens is 345 g/mol. The van der Waals surface area contributed by atoms with E-state index >= 15 is 0 Å². The van der Waals surface area contributed by atoms with Crippen molar-refractivity contribution in [3.05, 3.63) is 75.8 Å². The summed E-state index contributed by atoms with van der Waals surface area (Å²) in [5, 5.41) is 0. The summed E-state index contributed by atoms with van der Waals surface area (Å²) in [4.78, 5) is 0. The molecule has 0 saturated carbocycles. The molecule has 1 heterocycles. The monoisotopic (exact) mass is 364 g/mol. The second-order valence-electron chi connectivity index (χ2n) is 5.39. The predicted molar refractivity (Wildman–Crippen MR) is 91.5 cm³/mol. The van der Waals surface area contributed by atoms with Gasteiger partial charge >= 0.3 is 135 Å². The van der Waals surface area contributed by atoms with Crippen LogP contribution in [0.3, 0.4) is 0 Å². The van der Waals surface area contributed by atoms with E-state index in [-0.39, 0.29) is 0 Å². The maximum atomic E-state index is 14.5. The molecule has 0 aliphatic carbocycles. The molecule has 0 N–H and O–H groups in total. The van der Waals surface area contributed by atoms with Gasteiger partial charge in [0.2, 0.25) is 0 Å². The van der Waals surface area contributed by atoms with Gasteiger partial charge < -0.3 is 0 Å². The standard InChI is InChI=1S/C19H18F2Se/c1-3-13-5-7-14(8-6-13)15-9-10-16(19(21)18(15)20)17-11-4-12(2)22-17/h4-11H,3,22H2,1-2H3. The van der Waals surface area contributed by atoms with Crippen LogP contribution in [-0.4, -0.2) is 15.0 Å². The zero-order valence-corrected chi connectivity index (χ0v) is 14.7. The van der Waals surface area contributed by atoms with Crippen LogP contribution in [0.1, 0.15) is 25.0 Å². The van der Waals surface area contributed by atoms with E-state index in [1.165, 1.54) is 10.0 Å². The molecule has 0 fully saturated rings. The maximum absolute atomic E-state index is 14.5. The van der Waals surface area contributed by atoms with Gasteiger partial charge in [-0.1, -0.05) is 0 Å². The van der Waals surface area contributed by atoms with Gasteiger partial charge in [0.15, 0.2) is 0 Å². The summed E-state index contributed by atoms with van der Waals surface area (Å²) in [6.45, 7) is 4.11. The molecule has 0 amide bonds. The van der Waals surface area contributed by atoms with Gasteiger partial charge in [0.05, 0.1) is 0 Å². The van der Waals surface area contributed by atoms with Crippen molar-refractivity contribution in [1.29, 1.82) is 0 Å². The number of rotatable bonds is 3. The Labute approximate surface area is 135 Å². The van der Waals surface area contributed by atoms with Gasteiger partial charge in [-0.05, 0) is 0 Å². The van der Waals surface area contributed by atoms with Crippen molar-refractivity contribution in [2.45, 2.75) is 20.3 Å². The summed E-state index contributed by atoms with van der Waals surface area (Å²) in [5.41, 5.74) is 2.64. The van der Waals surface area contributed by atoms with Crippen LogP contribution >= 0.6 is 0 Å². The molecule has 0 radical (unpaired) electrons. The molecule has 114 valence electrons. The second-order valence-corrected chi connectivity index (χ2v) is 8.70. The van der Waals surface area contributed by atoms with E-state index in [9.17, 15) is 8.78 Å². The summed E-state index contributed by atoms with van der Waals surface area (Å²) >= 11 is -0.492. The molecule has 0 unspecified atom stereocenters. The second kappa shape index (κ2) is 6.19. The number of allylic oxidation sites excluding steroid dienone is 3. The first-order chi connectivity index (χ1) is 10.6. The molecule has 0 nitrogen and oxygen atoms in total. The summed E-state index contributed by atoms with van der Waals surface area (Å²) in [7, 11) is 0. The van der Waals surface area contributed by atoms with Gasteiger partial charge in [0.1, 0.15) is 0 Å². The van der Waals surface area contributed by atoms with Crippen molar-refractivity contribution in [3.63, 3.8) is 0 Å². The zero-order chi connectivity index (χ0) is 15.7. The summed E-state index contributed by atoms with van der Waals surface area (Å²) in [5.74, 6) is -1.48. The van der Waals surface area contributed by atoms with Crippen LogP contribution in [0.2, 0.25) is 0 Å². The number of halogens is 2. The van der Waals surface area contributed by atoms with E-state index in [0.29, 0.717) is 16.7 Å². The molecule has 3 rings (SSSR count). The van der Waals surface area contributed by atoms with E-state index in [1.54, 1.807) is 12.1 Å². The van der Waals surface area contributed by atoms with Crippen LogP contribution in [0.5, 0.6) is 0 Å². The quantitative estimate of drug-likeness (QED) is 0.698. The molecule has 2 aromatic carbocycles. The molecule has 22 heavy (non-hydrogen) atoms. The van der Waals surface area contributed by atoms with Crippen molar-refractivity contribution in [2.75, 3.05) is 0 Å². The molecule has 0 aromatic heterocycles. The Balaban J connectivity index is 1.99. The van der Waals surface area contributed by atoms with Crippen LogP contribution < -0.4 is 0 Å². The topological polar surface area (TPSA) is 0 Å². The summed E-state index contributed by atoms with van der Waals surface area (Å²) in [6.07, 6.45) is 4.85. The van der Waals surface area contributed by atoms with E-state index in [0.717, 1.165) is 10.9 Å². The Hall–Kier alpha value is -1.70. The first-order valence-corrected chi connectivity index (χ1v) is 9.43. The van der Waals surface area contributed by atoms with E-state index in [4.69, 9.17) is 0 Å². The molecule has 0 spiro atoms. The molecule has 0 bridgehead atoms. The van der Waals surface area contributed by atoms with Gasteiger partial charge in [0, 0.05) is 0 Å². The fourth-order valence-corrected chi connectivity index (χ4v) is 4.84. The van der Waals surface area contributed by atoms with Gasteiger partial charge in [-0.15, -0.1) is 0 Å². The minimum absolute atomic E-state index is 0.326. The fraction of sp³-hybridized carbons (Fsp3) is 0.158. The Kier molecular flexibility index (Phi) is 4.28. The zero-order valence-electron chi connectivity index (χ0n) is 12.6. The fourth-order valence-electron chi connectivity index (χ4n) is 2.56. The molecule has 1 aliphatic heterocycles. The van der Waals surface area contributed by atoms with E-state index in [2.05, 4.69) is 6.92 Å². The first kappa shape index (κ1) is 15.2. The Morgan fingerprint density at radius 1 is 0.864 bits per heavy atom. The van der Waals surface area contributed by atoms with Crippen molar-refractivity contribution in [1.82, 2.24) is 0 Å². The third-order valence-corrected chi connectivity index (χ3v) is 6.53. The van der Waals surface area contributed by atoms with Crippen molar-refractivity contribution in [3.8, 4) is 11.1 Å². The average Bonchev–Trinajstić information content (AvgIpc) is 2.96. The van der Waals surface area contributed by atoms with Gasteiger partial charge in [-0.25, -0.2) is 0 Å². The Morgan fingerprint density at radius 3 is 2.09 bits per heavy atom. The third kappa shape index (κ3) is 2.79. The minimum atomic E-state index is -0.751. The SMILES string of the molecule is CCc1ccc(-c2ccc(C3=CC=C(C)[SeH2]3)c(F)c2F)cc1. The van der Waals surface area contributed by atoms with Crippen LogP contribution in [0, 0.1) is 11.6 Å². The van der Waals surface area contributed by atoms with E-state index < -0.39 is 26.6 Å². The molecule has 1 aliphatic rings. The summed E-state index contributed by atoms with van der Waals surface area (Å²) < 4.78 is 31.2. The number of hydrogen-bond donors (Lipinski definition) is 0. The number of benzene rings is 2. The van der Waals surface area contributed by atoms with Crippen LogP contribution in [0.25, 0.3) is 15.6 Å². The number of aryl methyl sites for hydroxylation is 1. The van der Waals surface area contributed by atoms with Gasteiger partial charge in [0.25, 0.3) is 0 Å². The van der Waals surface area contributed by atoms with Crippen LogP contribution in [0.15, 0.2) is 53.0 Å².